The van der Waals surface area contributed by atoms with Gasteiger partial charge in [-0.3, -0.25) is 14.4 Å². The largest absolute Gasteiger partial charge is 0.497 e. The molecule has 0 aliphatic heterocycles. The van der Waals surface area contributed by atoms with Crippen molar-refractivity contribution in [3.05, 3.63) is 71.2 Å². The highest BCUT2D eigenvalue weighted by atomic mass is 35.5. The van der Waals surface area contributed by atoms with E-state index in [1.54, 1.807) is 60.5 Å². The fourth-order valence-corrected chi connectivity index (χ4v) is 6.51. The van der Waals surface area contributed by atoms with E-state index < -0.39 is 15.9 Å². The molecule has 0 bridgehead atoms. The van der Waals surface area contributed by atoms with Gasteiger partial charge in [0.05, 0.1) is 40.1 Å². The predicted octanol–water partition coefficient (Wildman–Crippen LogP) is 5.76. The second kappa shape index (κ2) is 12.9. The van der Waals surface area contributed by atoms with E-state index in [0.717, 1.165) is 13.1 Å². The highest BCUT2D eigenvalue weighted by Gasteiger charge is 2.27. The number of fused-ring (bicyclic) bond motifs is 1. The van der Waals surface area contributed by atoms with Crippen molar-refractivity contribution in [3.63, 3.8) is 0 Å². The Kier molecular flexibility index (Phi) is 9.52. The number of thiazole rings is 1. The normalized spacial score (nSPS) is 11.6. The number of para-hydroxylation sites is 1. The number of amides is 1. The van der Waals surface area contributed by atoms with Crippen molar-refractivity contribution >= 4 is 59.9 Å². The average Bonchev–Trinajstić information content (AvgIpc) is 3.41. The summed E-state index contributed by atoms with van der Waals surface area (Å²) in [6, 6.07) is 16.0. The van der Waals surface area contributed by atoms with Crippen molar-refractivity contribution in [2.45, 2.75) is 18.7 Å². The first-order chi connectivity index (χ1) is 19.2. The Bertz CT molecular complexity index is 1590. The van der Waals surface area contributed by atoms with Crippen LogP contribution in [0.1, 0.15) is 24.2 Å². The van der Waals surface area contributed by atoms with Crippen LogP contribution in [0.4, 0.5) is 10.8 Å². The molecule has 0 saturated heterocycles. The number of sulfonamides is 1. The van der Waals surface area contributed by atoms with E-state index in [2.05, 4.69) is 23.5 Å². The first-order valence-electron chi connectivity index (χ1n) is 12.7. The summed E-state index contributed by atoms with van der Waals surface area (Å²) >= 11 is 7.75. The number of hydrogen-bond acceptors (Lipinski definition) is 8. The summed E-state index contributed by atoms with van der Waals surface area (Å²) < 4.78 is 40.3. The van der Waals surface area contributed by atoms with Crippen LogP contribution in [0.5, 0.6) is 11.5 Å². The van der Waals surface area contributed by atoms with Crippen molar-refractivity contribution in [3.8, 4) is 11.5 Å². The Labute approximate surface area is 243 Å². The molecular weight excluding hydrogens is 572 g/mol. The van der Waals surface area contributed by atoms with Crippen LogP contribution in [0.3, 0.4) is 0 Å². The monoisotopic (exact) mass is 602 g/mol. The maximum absolute atomic E-state index is 14.1. The number of carbonyl (C=O) groups excluding carboxylic acids is 1. The van der Waals surface area contributed by atoms with Crippen LogP contribution in [0.25, 0.3) is 10.2 Å². The SMILES string of the molecule is CCN(CC)CCN(C(=O)c1ccccc1NS(=O)(=O)c1ccc(OC)cc1)c1nc2c(OC)ccc(Cl)c2s1. The van der Waals surface area contributed by atoms with Gasteiger partial charge in [0, 0.05) is 13.1 Å². The van der Waals surface area contributed by atoms with Gasteiger partial charge in [0.2, 0.25) is 0 Å². The lowest BCUT2D eigenvalue weighted by atomic mass is 10.1. The summed E-state index contributed by atoms with van der Waals surface area (Å²) in [6.45, 7) is 6.67. The Morgan fingerprint density at radius 3 is 2.33 bits per heavy atom. The fourth-order valence-electron chi connectivity index (χ4n) is 4.15. The summed E-state index contributed by atoms with van der Waals surface area (Å²) in [4.78, 5) is 22.7. The summed E-state index contributed by atoms with van der Waals surface area (Å²) in [5.41, 5.74) is 0.911. The van der Waals surface area contributed by atoms with Crippen LogP contribution in [0.15, 0.2) is 65.6 Å². The third-order valence-electron chi connectivity index (χ3n) is 6.45. The van der Waals surface area contributed by atoms with Gasteiger partial charge in [-0.25, -0.2) is 13.4 Å². The second-order valence-electron chi connectivity index (χ2n) is 8.73. The number of likely N-dealkylation sites (N-methyl/N-ethyl adjacent to an activating group) is 1. The maximum atomic E-state index is 14.1. The maximum Gasteiger partial charge on any atom is 0.262 e. The summed E-state index contributed by atoms with van der Waals surface area (Å²) in [5.74, 6) is 0.686. The number of benzene rings is 3. The van der Waals surface area contributed by atoms with E-state index >= 15 is 0 Å². The number of aromatic nitrogens is 1. The number of nitrogens with zero attached hydrogens (tertiary/aromatic N) is 3. The number of halogens is 1. The molecule has 0 spiro atoms. The lowest BCUT2D eigenvalue weighted by Gasteiger charge is -2.25. The van der Waals surface area contributed by atoms with E-state index in [0.29, 0.717) is 45.0 Å². The molecule has 9 nitrogen and oxygen atoms in total. The minimum atomic E-state index is -3.98. The third kappa shape index (κ3) is 6.33. The molecule has 1 heterocycles. The number of anilines is 2. The van der Waals surface area contributed by atoms with Crippen LogP contribution in [0.2, 0.25) is 5.02 Å². The van der Waals surface area contributed by atoms with Crippen LogP contribution in [-0.4, -0.2) is 64.6 Å². The minimum Gasteiger partial charge on any atom is -0.497 e. The molecule has 0 saturated carbocycles. The lowest BCUT2D eigenvalue weighted by molar-refractivity contribution is 0.0984. The van der Waals surface area contributed by atoms with Gasteiger partial charge in [-0.2, -0.15) is 0 Å². The molecule has 12 heteroatoms. The molecule has 1 amide bonds. The van der Waals surface area contributed by atoms with Gasteiger partial charge in [0.15, 0.2) is 5.13 Å². The van der Waals surface area contributed by atoms with Gasteiger partial charge in [-0.15, -0.1) is 0 Å². The summed E-state index contributed by atoms with van der Waals surface area (Å²) in [5, 5.41) is 0.940. The highest BCUT2D eigenvalue weighted by Crippen LogP contribution is 2.39. The molecule has 3 aromatic carbocycles. The van der Waals surface area contributed by atoms with Gasteiger partial charge in [-0.05, 0) is 61.6 Å². The van der Waals surface area contributed by atoms with Crippen molar-refractivity contribution in [2.24, 2.45) is 0 Å². The van der Waals surface area contributed by atoms with Gasteiger partial charge in [-0.1, -0.05) is 48.9 Å². The zero-order valence-electron chi connectivity index (χ0n) is 22.7. The zero-order chi connectivity index (χ0) is 28.9. The van der Waals surface area contributed by atoms with Gasteiger partial charge < -0.3 is 14.4 Å². The van der Waals surface area contributed by atoms with E-state index in [9.17, 15) is 13.2 Å². The Morgan fingerprint density at radius 2 is 1.68 bits per heavy atom. The Balaban J connectivity index is 1.74. The van der Waals surface area contributed by atoms with Crippen LogP contribution in [-0.2, 0) is 10.0 Å². The van der Waals surface area contributed by atoms with E-state index in [-0.39, 0.29) is 16.1 Å². The van der Waals surface area contributed by atoms with Crippen molar-refractivity contribution < 1.29 is 22.7 Å². The number of carbonyl (C=O) groups is 1. The standard InChI is InChI=1S/C28H31ClN4O5S2/c1-5-32(6-2)17-18-33(28-30-25-24(38-4)16-15-22(29)26(25)39-28)27(34)21-9-7-8-10-23(21)31-40(35,36)20-13-11-19(37-3)12-14-20/h7-16,31H,5-6,17-18H2,1-4H3. The molecule has 0 aliphatic carbocycles. The lowest BCUT2D eigenvalue weighted by Crippen LogP contribution is -2.39. The molecule has 0 radical (unpaired) electrons. The molecule has 0 unspecified atom stereocenters. The fraction of sp³-hybridized carbons (Fsp3) is 0.286. The molecule has 40 heavy (non-hydrogen) atoms. The molecule has 4 rings (SSSR count). The number of methoxy groups -OCH3 is 2. The summed E-state index contributed by atoms with van der Waals surface area (Å²) in [7, 11) is -0.928. The molecule has 0 aliphatic rings. The zero-order valence-corrected chi connectivity index (χ0v) is 25.1. The average molecular weight is 603 g/mol. The van der Waals surface area contributed by atoms with Crippen molar-refractivity contribution in [1.82, 2.24) is 9.88 Å². The Hall–Kier alpha value is -3.38. The summed E-state index contributed by atoms with van der Waals surface area (Å²) in [6.07, 6.45) is 0. The first-order valence-corrected chi connectivity index (χ1v) is 15.3. The van der Waals surface area contributed by atoms with E-state index in [1.807, 2.05) is 0 Å². The first kappa shape index (κ1) is 29.6. The Morgan fingerprint density at radius 1 is 0.975 bits per heavy atom. The number of nitrogens with one attached hydrogen (secondary N) is 1. The molecule has 0 atom stereocenters. The highest BCUT2D eigenvalue weighted by molar-refractivity contribution is 7.92. The van der Waals surface area contributed by atoms with E-state index in [4.69, 9.17) is 26.1 Å². The van der Waals surface area contributed by atoms with Crippen molar-refractivity contribution in [2.75, 3.05) is 50.0 Å². The van der Waals surface area contributed by atoms with Gasteiger partial charge in [0.1, 0.15) is 17.0 Å². The topological polar surface area (TPSA) is 101 Å². The minimum absolute atomic E-state index is 0.0434. The molecular formula is C28H31ClN4O5S2. The third-order valence-corrected chi connectivity index (χ3v) is 9.37. The quantitative estimate of drug-likeness (QED) is 0.220. The molecule has 4 aromatic rings. The van der Waals surface area contributed by atoms with Crippen molar-refractivity contribution in [1.29, 1.82) is 0 Å². The number of rotatable bonds is 12. The van der Waals surface area contributed by atoms with E-state index in [1.165, 1.54) is 30.6 Å². The van der Waals surface area contributed by atoms with Gasteiger partial charge >= 0.3 is 0 Å². The number of hydrogen-bond donors (Lipinski definition) is 1. The van der Waals surface area contributed by atoms with Crippen LogP contribution in [0, 0.1) is 0 Å². The predicted molar refractivity (Wildman–Crippen MR) is 161 cm³/mol. The smallest absolute Gasteiger partial charge is 0.262 e. The second-order valence-corrected chi connectivity index (χ2v) is 11.8. The molecule has 1 aromatic heterocycles. The number of ether oxygens (including phenoxy) is 2. The molecule has 212 valence electrons. The van der Waals surface area contributed by atoms with Gasteiger partial charge in [0.25, 0.3) is 15.9 Å². The van der Waals surface area contributed by atoms with Crippen LogP contribution < -0.4 is 19.1 Å². The molecule has 0 fully saturated rings. The molecule has 1 N–H and O–H groups in total. The van der Waals surface area contributed by atoms with Crippen LogP contribution >= 0.6 is 22.9 Å².